The van der Waals surface area contributed by atoms with E-state index in [1.54, 1.807) is 0 Å². The van der Waals surface area contributed by atoms with E-state index in [4.69, 9.17) is 5.73 Å². The smallest absolute Gasteiger partial charge is 0.0634 e. The minimum Gasteiger partial charge on any atom is -0.390 e. The maximum Gasteiger partial charge on any atom is 0.0634 e. The molecule has 0 heterocycles. The molecule has 0 spiro atoms. The van der Waals surface area contributed by atoms with E-state index in [1.165, 1.54) is 12.8 Å². The van der Waals surface area contributed by atoms with Crippen LogP contribution in [0.15, 0.2) is 0 Å². The van der Waals surface area contributed by atoms with Gasteiger partial charge in [0.05, 0.1) is 5.60 Å². The molecule has 0 radical (unpaired) electrons. The molecule has 0 saturated heterocycles. The molecule has 1 fully saturated rings. The second-order valence-electron chi connectivity index (χ2n) is 3.68. The van der Waals surface area contributed by atoms with E-state index in [-0.39, 0.29) is 0 Å². The SMILES string of the molecule is CC(O)(CCN)CC1CC1. The minimum absolute atomic E-state index is 0.490. The lowest BCUT2D eigenvalue weighted by Crippen LogP contribution is -2.28. The number of hydrogen-bond donors (Lipinski definition) is 2. The second-order valence-corrected chi connectivity index (χ2v) is 3.68. The highest BCUT2D eigenvalue weighted by atomic mass is 16.3. The highest BCUT2D eigenvalue weighted by molar-refractivity contribution is 4.83. The topological polar surface area (TPSA) is 46.2 Å². The summed E-state index contributed by atoms with van der Waals surface area (Å²) in [6, 6.07) is 0. The third kappa shape index (κ3) is 2.67. The third-order valence-corrected chi connectivity index (χ3v) is 2.11. The fourth-order valence-corrected chi connectivity index (χ4v) is 1.36. The van der Waals surface area contributed by atoms with Gasteiger partial charge >= 0.3 is 0 Å². The van der Waals surface area contributed by atoms with Crippen molar-refractivity contribution in [3.05, 3.63) is 0 Å². The summed E-state index contributed by atoms with van der Waals surface area (Å²) < 4.78 is 0. The van der Waals surface area contributed by atoms with Gasteiger partial charge < -0.3 is 10.8 Å². The van der Waals surface area contributed by atoms with Gasteiger partial charge in [-0.1, -0.05) is 12.8 Å². The molecule has 1 saturated carbocycles. The van der Waals surface area contributed by atoms with E-state index >= 15 is 0 Å². The first-order valence-electron chi connectivity index (χ1n) is 4.06. The first kappa shape index (κ1) is 8.02. The van der Waals surface area contributed by atoms with Crippen LogP contribution in [0, 0.1) is 5.92 Å². The molecule has 3 N–H and O–H groups in total. The van der Waals surface area contributed by atoms with E-state index in [9.17, 15) is 5.11 Å². The summed E-state index contributed by atoms with van der Waals surface area (Å²) in [7, 11) is 0. The molecule has 0 amide bonds. The summed E-state index contributed by atoms with van der Waals surface area (Å²) in [6.45, 7) is 2.48. The molecule has 0 aromatic carbocycles. The van der Waals surface area contributed by atoms with Crippen molar-refractivity contribution < 1.29 is 5.11 Å². The van der Waals surface area contributed by atoms with Gasteiger partial charge in [0.1, 0.15) is 0 Å². The van der Waals surface area contributed by atoms with Crippen molar-refractivity contribution in [3.63, 3.8) is 0 Å². The summed E-state index contributed by atoms with van der Waals surface area (Å²) in [5.41, 5.74) is 4.86. The van der Waals surface area contributed by atoms with Crippen LogP contribution in [0.2, 0.25) is 0 Å². The number of aliphatic hydroxyl groups is 1. The summed E-state index contributed by atoms with van der Waals surface area (Å²) in [4.78, 5) is 0. The Balaban J connectivity index is 2.19. The Kier molecular flexibility index (Phi) is 2.32. The Morgan fingerprint density at radius 1 is 1.60 bits per heavy atom. The number of nitrogens with two attached hydrogens (primary N) is 1. The Bertz CT molecular complexity index is 108. The molecule has 60 valence electrons. The molecule has 2 nitrogen and oxygen atoms in total. The van der Waals surface area contributed by atoms with Crippen LogP contribution in [-0.2, 0) is 0 Å². The number of rotatable bonds is 4. The summed E-state index contributed by atoms with van der Waals surface area (Å²) in [6.07, 6.45) is 4.30. The lowest BCUT2D eigenvalue weighted by Gasteiger charge is -2.21. The van der Waals surface area contributed by atoms with Crippen molar-refractivity contribution >= 4 is 0 Å². The minimum atomic E-state index is -0.490. The lowest BCUT2D eigenvalue weighted by molar-refractivity contribution is 0.0389. The summed E-state index contributed by atoms with van der Waals surface area (Å²) >= 11 is 0. The van der Waals surface area contributed by atoms with Crippen LogP contribution < -0.4 is 5.73 Å². The van der Waals surface area contributed by atoms with Crippen molar-refractivity contribution in [1.82, 2.24) is 0 Å². The van der Waals surface area contributed by atoms with Crippen LogP contribution in [0.1, 0.15) is 32.6 Å². The van der Waals surface area contributed by atoms with Crippen molar-refractivity contribution in [1.29, 1.82) is 0 Å². The molecular weight excluding hydrogens is 126 g/mol. The van der Waals surface area contributed by atoms with E-state index in [1.807, 2.05) is 6.92 Å². The molecule has 1 aliphatic carbocycles. The van der Waals surface area contributed by atoms with Crippen LogP contribution in [0.5, 0.6) is 0 Å². The van der Waals surface area contributed by atoms with Gasteiger partial charge in [-0.05, 0) is 32.2 Å². The lowest BCUT2D eigenvalue weighted by atomic mass is 9.95. The van der Waals surface area contributed by atoms with Gasteiger partial charge in [-0.25, -0.2) is 0 Å². The Morgan fingerprint density at radius 3 is 2.60 bits per heavy atom. The zero-order valence-electron chi connectivity index (χ0n) is 6.64. The molecule has 0 bridgehead atoms. The summed E-state index contributed by atoms with van der Waals surface area (Å²) in [5.74, 6) is 0.793. The van der Waals surface area contributed by atoms with E-state index in [0.29, 0.717) is 6.54 Å². The average molecular weight is 143 g/mol. The van der Waals surface area contributed by atoms with Crippen LogP contribution >= 0.6 is 0 Å². The predicted octanol–water partition coefficient (Wildman–Crippen LogP) is 0.886. The third-order valence-electron chi connectivity index (χ3n) is 2.11. The van der Waals surface area contributed by atoms with Gasteiger partial charge in [0, 0.05) is 0 Å². The molecule has 1 aliphatic rings. The predicted molar refractivity (Wildman–Crippen MR) is 41.6 cm³/mol. The first-order chi connectivity index (χ1) is 4.64. The van der Waals surface area contributed by atoms with E-state index in [0.717, 1.165) is 18.8 Å². The van der Waals surface area contributed by atoms with Crippen molar-refractivity contribution in [2.24, 2.45) is 11.7 Å². The molecule has 1 atom stereocenters. The summed E-state index contributed by atoms with van der Waals surface area (Å²) in [5, 5.41) is 9.64. The molecule has 0 aromatic rings. The van der Waals surface area contributed by atoms with Crippen LogP contribution in [-0.4, -0.2) is 17.3 Å². The maximum absolute atomic E-state index is 9.64. The molecule has 1 unspecified atom stereocenters. The van der Waals surface area contributed by atoms with E-state index in [2.05, 4.69) is 0 Å². The van der Waals surface area contributed by atoms with Gasteiger partial charge in [-0.15, -0.1) is 0 Å². The van der Waals surface area contributed by atoms with Crippen molar-refractivity contribution in [3.8, 4) is 0 Å². The molecule has 0 aromatic heterocycles. The zero-order valence-corrected chi connectivity index (χ0v) is 6.64. The van der Waals surface area contributed by atoms with Gasteiger partial charge in [0.15, 0.2) is 0 Å². The van der Waals surface area contributed by atoms with Gasteiger partial charge in [0.25, 0.3) is 0 Å². The van der Waals surface area contributed by atoms with E-state index < -0.39 is 5.60 Å². The highest BCUT2D eigenvalue weighted by Gasteiger charge is 2.30. The fourth-order valence-electron chi connectivity index (χ4n) is 1.36. The van der Waals surface area contributed by atoms with Crippen LogP contribution in [0.25, 0.3) is 0 Å². The molecular formula is C8H17NO. The highest BCUT2D eigenvalue weighted by Crippen LogP contribution is 2.37. The molecule has 10 heavy (non-hydrogen) atoms. The quantitative estimate of drug-likeness (QED) is 0.614. The van der Waals surface area contributed by atoms with Crippen molar-refractivity contribution in [2.45, 2.75) is 38.2 Å². The van der Waals surface area contributed by atoms with Crippen LogP contribution in [0.4, 0.5) is 0 Å². The maximum atomic E-state index is 9.64. The second kappa shape index (κ2) is 2.89. The number of hydrogen-bond acceptors (Lipinski definition) is 2. The Labute approximate surface area is 62.4 Å². The van der Waals surface area contributed by atoms with Gasteiger partial charge in [-0.3, -0.25) is 0 Å². The molecule has 1 rings (SSSR count). The monoisotopic (exact) mass is 143 g/mol. The first-order valence-corrected chi connectivity index (χ1v) is 4.06. The van der Waals surface area contributed by atoms with Gasteiger partial charge in [-0.2, -0.15) is 0 Å². The zero-order chi connectivity index (χ0) is 7.61. The normalized spacial score (nSPS) is 24.3. The standard InChI is InChI=1S/C8H17NO/c1-8(10,4-5-9)6-7-2-3-7/h7,10H,2-6,9H2,1H3. The Morgan fingerprint density at radius 2 is 2.20 bits per heavy atom. The van der Waals surface area contributed by atoms with Crippen LogP contribution in [0.3, 0.4) is 0 Å². The molecule has 0 aliphatic heterocycles. The molecule has 2 heteroatoms. The largest absolute Gasteiger partial charge is 0.390 e. The Hall–Kier alpha value is -0.0800. The van der Waals surface area contributed by atoms with Crippen molar-refractivity contribution in [2.75, 3.05) is 6.54 Å². The van der Waals surface area contributed by atoms with Gasteiger partial charge in [0.2, 0.25) is 0 Å². The fraction of sp³-hybridized carbons (Fsp3) is 1.00. The average Bonchev–Trinajstić information content (AvgIpc) is 2.48.